The molecule has 146 valence electrons. The smallest absolute Gasteiger partial charge is 0.363 e. The molecule has 0 bridgehead atoms. The Morgan fingerprint density at radius 2 is 1.59 bits per heavy atom. The standard InChI is InChI=1S/C19H22O8/c1-5-25-15(20)13-14(12-10-8-7-9-11-12)19(17(21)23-3,18(22)24-4)27-16(13)26-6-2/h7-11,14H,5-6H2,1-4H3. The average molecular weight is 378 g/mol. The first-order valence-corrected chi connectivity index (χ1v) is 8.42. The van der Waals surface area contributed by atoms with Gasteiger partial charge in [-0.1, -0.05) is 30.3 Å². The molecule has 0 saturated carbocycles. The molecule has 1 atom stereocenters. The van der Waals surface area contributed by atoms with Gasteiger partial charge in [-0.25, -0.2) is 14.4 Å². The highest BCUT2D eigenvalue weighted by Gasteiger charge is 2.66. The van der Waals surface area contributed by atoms with E-state index < -0.39 is 29.4 Å². The first-order chi connectivity index (χ1) is 13.0. The molecule has 0 spiro atoms. The third-order valence-corrected chi connectivity index (χ3v) is 4.05. The molecule has 1 aromatic rings. The lowest BCUT2D eigenvalue weighted by molar-refractivity contribution is -0.186. The van der Waals surface area contributed by atoms with Gasteiger partial charge in [-0.15, -0.1) is 0 Å². The lowest BCUT2D eigenvalue weighted by atomic mass is 9.78. The molecular formula is C19H22O8. The number of benzene rings is 1. The fourth-order valence-electron chi connectivity index (χ4n) is 2.98. The Labute approximate surface area is 157 Å². The molecule has 0 aliphatic carbocycles. The minimum Gasteiger partial charge on any atom is -0.466 e. The number of rotatable bonds is 7. The molecule has 1 unspecified atom stereocenters. The lowest BCUT2D eigenvalue weighted by Gasteiger charge is -2.29. The molecule has 8 heteroatoms. The highest BCUT2D eigenvalue weighted by molar-refractivity contribution is 6.09. The van der Waals surface area contributed by atoms with E-state index in [1.54, 1.807) is 44.2 Å². The molecule has 1 aliphatic heterocycles. The van der Waals surface area contributed by atoms with Gasteiger partial charge >= 0.3 is 23.5 Å². The van der Waals surface area contributed by atoms with Gasteiger partial charge in [-0.3, -0.25) is 0 Å². The largest absolute Gasteiger partial charge is 0.466 e. The Hall–Kier alpha value is -3.03. The number of esters is 3. The lowest BCUT2D eigenvalue weighted by Crippen LogP contribution is -2.53. The number of methoxy groups -OCH3 is 2. The summed E-state index contributed by atoms with van der Waals surface area (Å²) < 4.78 is 25.8. The van der Waals surface area contributed by atoms with Gasteiger partial charge < -0.3 is 23.7 Å². The van der Waals surface area contributed by atoms with Crippen LogP contribution in [0, 0.1) is 0 Å². The Kier molecular flexibility index (Phi) is 6.44. The number of hydrogen-bond acceptors (Lipinski definition) is 8. The van der Waals surface area contributed by atoms with Crippen LogP contribution in [0.15, 0.2) is 41.9 Å². The second-order valence-corrected chi connectivity index (χ2v) is 5.52. The van der Waals surface area contributed by atoms with Crippen LogP contribution in [0.5, 0.6) is 0 Å². The van der Waals surface area contributed by atoms with Crippen LogP contribution in [0.1, 0.15) is 25.3 Å². The van der Waals surface area contributed by atoms with Gasteiger partial charge in [0.1, 0.15) is 5.57 Å². The molecule has 1 aliphatic rings. The zero-order valence-electron chi connectivity index (χ0n) is 15.6. The van der Waals surface area contributed by atoms with Crippen molar-refractivity contribution < 1.29 is 38.1 Å². The first-order valence-electron chi connectivity index (χ1n) is 8.42. The Bertz CT molecular complexity index is 721. The van der Waals surface area contributed by atoms with Gasteiger partial charge in [0.25, 0.3) is 5.95 Å². The van der Waals surface area contributed by atoms with Gasteiger partial charge in [0.05, 0.1) is 33.4 Å². The van der Waals surface area contributed by atoms with E-state index in [9.17, 15) is 14.4 Å². The van der Waals surface area contributed by atoms with Gasteiger partial charge in [0.15, 0.2) is 0 Å². The third-order valence-electron chi connectivity index (χ3n) is 4.05. The van der Waals surface area contributed by atoms with Gasteiger partial charge in [0.2, 0.25) is 0 Å². The molecule has 0 aromatic heterocycles. The summed E-state index contributed by atoms with van der Waals surface area (Å²) in [5.41, 5.74) is -1.89. The van der Waals surface area contributed by atoms with Gasteiger partial charge in [-0.05, 0) is 19.4 Å². The van der Waals surface area contributed by atoms with E-state index in [-0.39, 0.29) is 24.7 Å². The molecule has 0 amide bonds. The van der Waals surface area contributed by atoms with Gasteiger partial charge in [-0.2, -0.15) is 0 Å². The van der Waals surface area contributed by atoms with Crippen molar-refractivity contribution in [1.29, 1.82) is 0 Å². The monoisotopic (exact) mass is 378 g/mol. The van der Waals surface area contributed by atoms with Crippen molar-refractivity contribution in [3.63, 3.8) is 0 Å². The molecule has 0 fully saturated rings. The van der Waals surface area contributed by atoms with E-state index in [1.807, 2.05) is 0 Å². The van der Waals surface area contributed by atoms with Crippen molar-refractivity contribution in [2.24, 2.45) is 0 Å². The summed E-state index contributed by atoms with van der Waals surface area (Å²) in [5.74, 6) is -4.22. The van der Waals surface area contributed by atoms with Crippen LogP contribution in [0.4, 0.5) is 0 Å². The number of hydrogen-bond donors (Lipinski definition) is 0. The van der Waals surface area contributed by atoms with E-state index in [0.29, 0.717) is 5.56 Å². The fraction of sp³-hybridized carbons (Fsp3) is 0.421. The van der Waals surface area contributed by atoms with E-state index in [0.717, 1.165) is 14.2 Å². The number of ether oxygens (including phenoxy) is 5. The second kappa shape index (κ2) is 8.57. The minimum absolute atomic E-state index is 0.0827. The molecule has 2 rings (SSSR count). The van der Waals surface area contributed by atoms with Crippen molar-refractivity contribution in [3.05, 3.63) is 47.4 Å². The maximum Gasteiger partial charge on any atom is 0.363 e. The molecule has 27 heavy (non-hydrogen) atoms. The summed E-state index contributed by atoms with van der Waals surface area (Å²) in [6, 6.07) is 8.48. The molecule has 1 aromatic carbocycles. The molecule has 0 N–H and O–H groups in total. The Morgan fingerprint density at radius 1 is 1.00 bits per heavy atom. The highest BCUT2D eigenvalue weighted by Crippen LogP contribution is 2.48. The van der Waals surface area contributed by atoms with Crippen LogP contribution in [-0.4, -0.2) is 50.9 Å². The van der Waals surface area contributed by atoms with Crippen LogP contribution < -0.4 is 0 Å². The SMILES string of the molecule is CCOC(=O)C1=C(OCC)OC(C(=O)OC)(C(=O)OC)C1c1ccccc1. The van der Waals surface area contributed by atoms with Gasteiger partial charge in [0, 0.05) is 0 Å². The fourth-order valence-corrected chi connectivity index (χ4v) is 2.98. The van der Waals surface area contributed by atoms with Crippen LogP contribution in [0.2, 0.25) is 0 Å². The van der Waals surface area contributed by atoms with Crippen molar-refractivity contribution in [1.82, 2.24) is 0 Å². The molecule has 1 heterocycles. The number of carbonyl (C=O) groups is 3. The maximum atomic E-state index is 12.7. The van der Waals surface area contributed by atoms with E-state index in [1.165, 1.54) is 0 Å². The van der Waals surface area contributed by atoms with Crippen LogP contribution in [0.3, 0.4) is 0 Å². The van der Waals surface area contributed by atoms with E-state index >= 15 is 0 Å². The summed E-state index contributed by atoms with van der Waals surface area (Å²) in [7, 11) is 2.22. The van der Waals surface area contributed by atoms with Crippen molar-refractivity contribution in [2.45, 2.75) is 25.4 Å². The van der Waals surface area contributed by atoms with E-state index in [4.69, 9.17) is 23.7 Å². The summed E-state index contributed by atoms with van der Waals surface area (Å²) in [6.45, 7) is 3.54. The van der Waals surface area contributed by atoms with Crippen LogP contribution in [0.25, 0.3) is 0 Å². The topological polar surface area (TPSA) is 97.4 Å². The Balaban J connectivity index is 2.77. The quantitative estimate of drug-likeness (QED) is 0.402. The second-order valence-electron chi connectivity index (χ2n) is 5.52. The molecule has 8 nitrogen and oxygen atoms in total. The first kappa shape index (κ1) is 20.3. The zero-order valence-corrected chi connectivity index (χ0v) is 15.6. The van der Waals surface area contributed by atoms with Crippen molar-refractivity contribution in [3.8, 4) is 0 Å². The summed E-state index contributed by atoms with van der Waals surface area (Å²) >= 11 is 0. The highest BCUT2D eigenvalue weighted by atomic mass is 16.7. The summed E-state index contributed by atoms with van der Waals surface area (Å²) in [4.78, 5) is 38.1. The van der Waals surface area contributed by atoms with Crippen LogP contribution >= 0.6 is 0 Å². The predicted octanol–water partition coefficient (Wildman–Crippen LogP) is 1.70. The molecule has 0 radical (unpaired) electrons. The maximum absolute atomic E-state index is 12.7. The molecule has 0 saturated heterocycles. The number of carbonyl (C=O) groups excluding carboxylic acids is 3. The zero-order chi connectivity index (χ0) is 20.0. The van der Waals surface area contributed by atoms with Crippen molar-refractivity contribution in [2.75, 3.05) is 27.4 Å². The van der Waals surface area contributed by atoms with Crippen molar-refractivity contribution >= 4 is 17.9 Å². The summed E-state index contributed by atoms with van der Waals surface area (Å²) in [5, 5.41) is 0. The third kappa shape index (κ3) is 3.47. The summed E-state index contributed by atoms with van der Waals surface area (Å²) in [6.07, 6.45) is 0. The normalized spacial score (nSPS) is 17.7. The van der Waals surface area contributed by atoms with Crippen LogP contribution in [-0.2, 0) is 38.1 Å². The molecular weight excluding hydrogens is 356 g/mol. The average Bonchev–Trinajstić information content (AvgIpc) is 3.04. The van der Waals surface area contributed by atoms with E-state index in [2.05, 4.69) is 0 Å². The predicted molar refractivity (Wildman–Crippen MR) is 92.3 cm³/mol. The Morgan fingerprint density at radius 3 is 2.07 bits per heavy atom. The minimum atomic E-state index is -2.27.